The first-order valence-electron chi connectivity index (χ1n) is 13.6. The molecule has 3 aromatic carbocycles. The van der Waals surface area contributed by atoms with E-state index in [4.69, 9.17) is 16.6 Å². The molecule has 0 spiro atoms. The van der Waals surface area contributed by atoms with Crippen molar-refractivity contribution in [1.82, 2.24) is 4.98 Å². The number of aromatic nitrogens is 1. The Morgan fingerprint density at radius 2 is 1.77 bits per heavy atom. The third kappa shape index (κ3) is 8.20. The summed E-state index contributed by atoms with van der Waals surface area (Å²) >= 11 is 7.87. The van der Waals surface area contributed by atoms with Crippen molar-refractivity contribution in [3.05, 3.63) is 112 Å². The SMILES string of the molecule is CC[C@H](CS[C@@H](CCc1ccc(C(C)(C)O)cc1)c1cccc(C=Cc2ccc3ccc(Cl)cc3n2)c1)C(=O)O. The summed E-state index contributed by atoms with van der Waals surface area (Å²) in [6, 6.07) is 26.3. The zero-order valence-corrected chi connectivity index (χ0v) is 24.8. The zero-order valence-electron chi connectivity index (χ0n) is 23.2. The number of aryl methyl sites for hydroxylation is 1. The molecule has 4 aromatic rings. The molecule has 0 fully saturated rings. The minimum absolute atomic E-state index is 0.150. The van der Waals surface area contributed by atoms with Crippen LogP contribution in [0.25, 0.3) is 23.1 Å². The largest absolute Gasteiger partial charge is 0.481 e. The Labute approximate surface area is 246 Å². The van der Waals surface area contributed by atoms with Gasteiger partial charge in [-0.2, -0.15) is 11.8 Å². The molecule has 1 heterocycles. The van der Waals surface area contributed by atoms with Crippen molar-refractivity contribution in [1.29, 1.82) is 0 Å². The van der Waals surface area contributed by atoms with Crippen molar-refractivity contribution in [3.63, 3.8) is 0 Å². The van der Waals surface area contributed by atoms with E-state index in [1.54, 1.807) is 25.6 Å². The minimum atomic E-state index is -0.869. The molecule has 208 valence electrons. The molecule has 4 nitrogen and oxygen atoms in total. The predicted octanol–water partition coefficient (Wildman–Crippen LogP) is 8.80. The molecule has 40 heavy (non-hydrogen) atoms. The lowest BCUT2D eigenvalue weighted by Crippen LogP contribution is -2.16. The van der Waals surface area contributed by atoms with Gasteiger partial charge in [0.15, 0.2) is 0 Å². The molecule has 0 amide bonds. The van der Waals surface area contributed by atoms with Crippen LogP contribution in [-0.2, 0) is 16.8 Å². The van der Waals surface area contributed by atoms with Gasteiger partial charge in [0.2, 0.25) is 0 Å². The van der Waals surface area contributed by atoms with Gasteiger partial charge < -0.3 is 10.2 Å². The average molecular weight is 574 g/mol. The zero-order chi connectivity index (χ0) is 28.7. The molecular weight excluding hydrogens is 538 g/mol. The van der Waals surface area contributed by atoms with Crippen molar-refractivity contribution >= 4 is 52.4 Å². The second kappa shape index (κ2) is 13.5. The number of rotatable bonds is 12. The fourth-order valence-corrected chi connectivity index (χ4v) is 6.20. The molecule has 0 aliphatic heterocycles. The maximum atomic E-state index is 11.7. The van der Waals surface area contributed by atoms with Crippen LogP contribution in [0.2, 0.25) is 5.02 Å². The van der Waals surface area contributed by atoms with Crippen LogP contribution in [-0.4, -0.2) is 26.9 Å². The maximum absolute atomic E-state index is 11.7. The van der Waals surface area contributed by atoms with E-state index in [2.05, 4.69) is 42.5 Å². The smallest absolute Gasteiger partial charge is 0.307 e. The van der Waals surface area contributed by atoms with Crippen LogP contribution in [0, 0.1) is 5.92 Å². The topological polar surface area (TPSA) is 70.4 Å². The molecule has 0 unspecified atom stereocenters. The van der Waals surface area contributed by atoms with Gasteiger partial charge >= 0.3 is 5.97 Å². The van der Waals surface area contributed by atoms with Crippen molar-refractivity contribution in [3.8, 4) is 0 Å². The molecule has 4 rings (SSSR count). The van der Waals surface area contributed by atoms with Crippen LogP contribution in [0.3, 0.4) is 0 Å². The number of carboxylic acid groups (broad SMARTS) is 1. The average Bonchev–Trinajstić information content (AvgIpc) is 2.93. The van der Waals surface area contributed by atoms with Gasteiger partial charge in [-0.1, -0.05) is 85.3 Å². The van der Waals surface area contributed by atoms with Crippen LogP contribution in [0.5, 0.6) is 0 Å². The highest BCUT2D eigenvalue weighted by molar-refractivity contribution is 7.99. The molecule has 0 saturated heterocycles. The monoisotopic (exact) mass is 573 g/mol. The highest BCUT2D eigenvalue weighted by atomic mass is 35.5. The van der Waals surface area contributed by atoms with Crippen LogP contribution < -0.4 is 0 Å². The number of nitrogens with zero attached hydrogens (tertiary/aromatic N) is 1. The number of pyridine rings is 1. The number of carboxylic acids is 1. The van der Waals surface area contributed by atoms with E-state index in [-0.39, 0.29) is 11.2 Å². The number of thioether (sulfide) groups is 1. The van der Waals surface area contributed by atoms with Crippen LogP contribution >= 0.6 is 23.4 Å². The lowest BCUT2D eigenvalue weighted by molar-refractivity contribution is -0.140. The van der Waals surface area contributed by atoms with E-state index in [1.165, 1.54) is 11.1 Å². The number of hydrogen-bond donors (Lipinski definition) is 2. The van der Waals surface area contributed by atoms with Crippen molar-refractivity contribution < 1.29 is 15.0 Å². The molecule has 2 N–H and O–H groups in total. The summed E-state index contributed by atoms with van der Waals surface area (Å²) in [5.41, 5.74) is 5.17. The lowest BCUT2D eigenvalue weighted by atomic mass is 9.95. The Bertz CT molecular complexity index is 1480. The summed E-state index contributed by atoms with van der Waals surface area (Å²) in [5.74, 6) is -0.538. The minimum Gasteiger partial charge on any atom is -0.481 e. The molecule has 6 heteroatoms. The highest BCUT2D eigenvalue weighted by Crippen LogP contribution is 2.36. The Balaban J connectivity index is 1.53. The Morgan fingerprint density at radius 3 is 2.48 bits per heavy atom. The van der Waals surface area contributed by atoms with E-state index in [1.807, 2.05) is 55.5 Å². The normalized spacial score (nSPS) is 13.5. The molecule has 0 aliphatic carbocycles. The van der Waals surface area contributed by atoms with Gasteiger partial charge in [-0.15, -0.1) is 0 Å². The van der Waals surface area contributed by atoms with Gasteiger partial charge in [0.1, 0.15) is 0 Å². The number of benzene rings is 3. The van der Waals surface area contributed by atoms with Crippen LogP contribution in [0.4, 0.5) is 0 Å². The van der Waals surface area contributed by atoms with E-state index in [0.29, 0.717) is 17.2 Å². The fraction of sp³-hybridized carbons (Fsp3) is 0.294. The summed E-state index contributed by atoms with van der Waals surface area (Å²) in [6.07, 6.45) is 6.41. The summed E-state index contributed by atoms with van der Waals surface area (Å²) in [7, 11) is 0. The first-order chi connectivity index (χ1) is 19.1. The predicted molar refractivity (Wildman–Crippen MR) is 169 cm³/mol. The third-order valence-electron chi connectivity index (χ3n) is 7.10. The van der Waals surface area contributed by atoms with Gasteiger partial charge in [0.05, 0.1) is 22.7 Å². The van der Waals surface area contributed by atoms with Gasteiger partial charge in [-0.25, -0.2) is 4.98 Å². The number of hydrogen-bond acceptors (Lipinski definition) is 4. The molecular formula is C34H36ClNO3S. The lowest BCUT2D eigenvalue weighted by Gasteiger charge is -2.21. The maximum Gasteiger partial charge on any atom is 0.307 e. The summed E-state index contributed by atoms with van der Waals surface area (Å²) < 4.78 is 0. The fourth-order valence-electron chi connectivity index (χ4n) is 4.56. The van der Waals surface area contributed by atoms with E-state index >= 15 is 0 Å². The molecule has 0 aliphatic rings. The quantitative estimate of drug-likeness (QED) is 0.177. The van der Waals surface area contributed by atoms with Crippen molar-refractivity contribution in [2.24, 2.45) is 5.92 Å². The Hall–Kier alpha value is -3.12. The second-order valence-corrected chi connectivity index (χ2v) is 12.3. The van der Waals surface area contributed by atoms with E-state index in [0.717, 1.165) is 40.6 Å². The van der Waals surface area contributed by atoms with Gasteiger partial charge in [-0.05, 0) is 79.6 Å². The number of halogens is 1. The molecule has 0 bridgehead atoms. The number of aliphatic carboxylic acids is 1. The molecule has 1 aromatic heterocycles. The summed E-state index contributed by atoms with van der Waals surface area (Å²) in [4.78, 5) is 16.4. The molecule has 2 atom stereocenters. The Morgan fingerprint density at radius 1 is 1.02 bits per heavy atom. The van der Waals surface area contributed by atoms with Crippen LogP contribution in [0.15, 0.2) is 78.9 Å². The second-order valence-electron chi connectivity index (χ2n) is 10.6. The van der Waals surface area contributed by atoms with Crippen molar-refractivity contribution in [2.75, 3.05) is 5.75 Å². The van der Waals surface area contributed by atoms with E-state index in [9.17, 15) is 15.0 Å². The summed E-state index contributed by atoms with van der Waals surface area (Å²) in [5, 5.41) is 21.7. The van der Waals surface area contributed by atoms with Crippen molar-refractivity contribution in [2.45, 2.75) is 50.9 Å². The molecule has 0 radical (unpaired) electrons. The standard InChI is InChI=1S/C34H36ClNO3S/c1-4-25(33(37)38)22-40-32(19-11-23-8-14-28(15-9-23)34(2,3)39)27-7-5-6-24(20-27)10-17-30-18-13-26-12-16-29(35)21-31(26)36-30/h5-10,12-18,20-21,25,32,39H,4,11,19,22H2,1-3H3,(H,37,38)/t25-,32+/m1/s1. The van der Waals surface area contributed by atoms with Gasteiger partial charge in [0, 0.05) is 21.4 Å². The summed E-state index contributed by atoms with van der Waals surface area (Å²) in [6.45, 7) is 5.50. The number of fused-ring (bicyclic) bond motifs is 1. The number of aliphatic hydroxyl groups is 1. The van der Waals surface area contributed by atoms with Gasteiger partial charge in [0.25, 0.3) is 0 Å². The Kier molecular flexibility index (Phi) is 10.1. The van der Waals surface area contributed by atoms with Crippen LogP contribution in [0.1, 0.15) is 66.8 Å². The highest BCUT2D eigenvalue weighted by Gasteiger charge is 2.20. The molecule has 0 saturated carbocycles. The van der Waals surface area contributed by atoms with Gasteiger partial charge in [-0.3, -0.25) is 4.79 Å². The number of carbonyl (C=O) groups is 1. The van der Waals surface area contributed by atoms with E-state index < -0.39 is 11.6 Å². The third-order valence-corrected chi connectivity index (χ3v) is 8.84. The first kappa shape index (κ1) is 29.9. The first-order valence-corrected chi connectivity index (χ1v) is 15.1.